The molecule has 2 heteroatoms. The molecule has 2 aromatic rings. The monoisotopic (exact) mass is 305 g/mol. The van der Waals surface area contributed by atoms with E-state index in [0.717, 1.165) is 0 Å². The highest BCUT2D eigenvalue weighted by Gasteiger charge is 2.36. The summed E-state index contributed by atoms with van der Waals surface area (Å²) in [4.78, 5) is 0. The number of nitrogens with zero attached hydrogens (tertiary/aromatic N) is 1. The van der Waals surface area contributed by atoms with Gasteiger partial charge in [0.15, 0.2) is 8.24 Å². The van der Waals surface area contributed by atoms with Gasteiger partial charge in [-0.05, 0) is 42.7 Å². The standard InChI is InChI=1S/C20H23NSi/c1-13-10-11-18-17(12-13)19-16-9-7-6-8-15(16)14(2)20(19)21(18)22(3,4)5/h6-12,16H,1-5H3. The van der Waals surface area contributed by atoms with Crippen LogP contribution in [-0.2, 0) is 0 Å². The molecule has 1 heterocycles. The smallest absolute Gasteiger partial charge is 0.153 e. The van der Waals surface area contributed by atoms with Crippen LogP contribution in [-0.4, -0.2) is 12.5 Å². The first kappa shape index (κ1) is 13.8. The minimum atomic E-state index is -1.49. The van der Waals surface area contributed by atoms with E-state index in [1.807, 2.05) is 0 Å². The van der Waals surface area contributed by atoms with E-state index in [1.54, 1.807) is 0 Å². The van der Waals surface area contributed by atoms with E-state index < -0.39 is 8.24 Å². The third-order valence-electron chi connectivity index (χ3n) is 4.96. The molecule has 2 aliphatic carbocycles. The minimum absolute atomic E-state index is 0.446. The van der Waals surface area contributed by atoms with Crippen molar-refractivity contribution in [3.8, 4) is 0 Å². The van der Waals surface area contributed by atoms with Gasteiger partial charge in [-0.15, -0.1) is 0 Å². The summed E-state index contributed by atoms with van der Waals surface area (Å²) < 4.78 is 2.68. The van der Waals surface area contributed by atoms with Crippen molar-refractivity contribution >= 4 is 24.7 Å². The second-order valence-electron chi connectivity index (χ2n) is 7.59. The van der Waals surface area contributed by atoms with Crippen LogP contribution in [0.3, 0.4) is 0 Å². The van der Waals surface area contributed by atoms with Crippen molar-refractivity contribution in [3.63, 3.8) is 0 Å². The zero-order valence-electron chi connectivity index (χ0n) is 14.1. The molecule has 0 aliphatic heterocycles. The number of aryl methyl sites for hydroxylation is 1. The van der Waals surface area contributed by atoms with Gasteiger partial charge in [-0.1, -0.05) is 55.6 Å². The van der Waals surface area contributed by atoms with Crippen LogP contribution in [0, 0.1) is 6.92 Å². The first-order valence-corrected chi connectivity index (χ1v) is 11.6. The van der Waals surface area contributed by atoms with Gasteiger partial charge in [0.05, 0.1) is 0 Å². The topological polar surface area (TPSA) is 4.93 Å². The van der Waals surface area contributed by atoms with Crippen LogP contribution in [0.15, 0.2) is 48.1 Å². The first-order chi connectivity index (χ1) is 10.4. The van der Waals surface area contributed by atoms with E-state index in [2.05, 4.69) is 80.2 Å². The van der Waals surface area contributed by atoms with Crippen molar-refractivity contribution in [2.75, 3.05) is 0 Å². The van der Waals surface area contributed by atoms with E-state index in [0.29, 0.717) is 5.92 Å². The Bertz CT molecular complexity index is 885. The Morgan fingerprint density at radius 2 is 1.82 bits per heavy atom. The molecule has 0 amide bonds. The summed E-state index contributed by atoms with van der Waals surface area (Å²) in [5.41, 5.74) is 8.77. The lowest BCUT2D eigenvalue weighted by atomic mass is 9.91. The number of hydrogen-bond donors (Lipinski definition) is 0. The van der Waals surface area contributed by atoms with E-state index in [1.165, 1.54) is 38.9 Å². The van der Waals surface area contributed by atoms with Crippen molar-refractivity contribution in [1.82, 2.24) is 4.23 Å². The normalized spacial score (nSPS) is 20.0. The zero-order valence-corrected chi connectivity index (χ0v) is 15.1. The number of rotatable bonds is 1. The Morgan fingerprint density at radius 3 is 2.55 bits per heavy atom. The molecule has 22 heavy (non-hydrogen) atoms. The van der Waals surface area contributed by atoms with Crippen LogP contribution in [0.5, 0.6) is 0 Å². The van der Waals surface area contributed by atoms with Crippen molar-refractivity contribution in [2.24, 2.45) is 0 Å². The third-order valence-corrected chi connectivity index (χ3v) is 6.76. The van der Waals surface area contributed by atoms with Gasteiger partial charge < -0.3 is 4.23 Å². The van der Waals surface area contributed by atoms with Gasteiger partial charge in [0.1, 0.15) is 0 Å². The van der Waals surface area contributed by atoms with Gasteiger partial charge in [0, 0.05) is 22.5 Å². The molecule has 0 saturated heterocycles. The molecule has 1 unspecified atom stereocenters. The van der Waals surface area contributed by atoms with Crippen LogP contribution in [0.2, 0.25) is 19.6 Å². The van der Waals surface area contributed by atoms with Crippen molar-refractivity contribution < 1.29 is 0 Å². The molecule has 0 bridgehead atoms. The van der Waals surface area contributed by atoms with Gasteiger partial charge in [-0.3, -0.25) is 0 Å². The molecule has 1 atom stereocenters. The number of aromatic nitrogens is 1. The van der Waals surface area contributed by atoms with E-state index in [4.69, 9.17) is 0 Å². The van der Waals surface area contributed by atoms with E-state index in [9.17, 15) is 0 Å². The van der Waals surface area contributed by atoms with Crippen LogP contribution >= 0.6 is 0 Å². The molecule has 0 fully saturated rings. The number of allylic oxidation sites excluding steroid dienone is 6. The lowest BCUT2D eigenvalue weighted by Crippen LogP contribution is -2.33. The maximum atomic E-state index is 2.68. The zero-order chi connectivity index (χ0) is 15.6. The fourth-order valence-electron chi connectivity index (χ4n) is 4.10. The Kier molecular flexibility index (Phi) is 2.74. The summed E-state index contributed by atoms with van der Waals surface area (Å²) in [6, 6.07) is 6.97. The highest BCUT2D eigenvalue weighted by Crippen LogP contribution is 2.49. The average molecular weight is 305 g/mol. The second kappa shape index (κ2) is 4.36. The molecular formula is C20H23NSi. The molecule has 4 rings (SSSR count). The highest BCUT2D eigenvalue weighted by molar-refractivity contribution is 6.75. The number of benzene rings is 1. The first-order valence-electron chi connectivity index (χ1n) is 8.11. The maximum Gasteiger partial charge on any atom is 0.153 e. The van der Waals surface area contributed by atoms with Crippen molar-refractivity contribution in [2.45, 2.75) is 39.4 Å². The lowest BCUT2D eigenvalue weighted by Gasteiger charge is -2.24. The summed E-state index contributed by atoms with van der Waals surface area (Å²) in [7, 11) is -1.49. The molecule has 112 valence electrons. The Hall–Kier alpha value is -1.80. The van der Waals surface area contributed by atoms with Crippen LogP contribution in [0.1, 0.15) is 29.7 Å². The minimum Gasteiger partial charge on any atom is -0.368 e. The van der Waals surface area contributed by atoms with Gasteiger partial charge in [-0.25, -0.2) is 0 Å². The third kappa shape index (κ3) is 1.70. The SMILES string of the molecule is CC1=C2C=CC=CC2c2c1n([Si](C)(C)C)c1ccc(C)cc21. The molecule has 1 nitrogen and oxygen atoms in total. The van der Waals surface area contributed by atoms with Crippen LogP contribution in [0.25, 0.3) is 16.5 Å². The van der Waals surface area contributed by atoms with Gasteiger partial charge >= 0.3 is 0 Å². The summed E-state index contributed by atoms with van der Waals surface area (Å²) in [5, 5.41) is 1.46. The number of fused-ring (bicyclic) bond motifs is 5. The molecular weight excluding hydrogens is 282 g/mol. The van der Waals surface area contributed by atoms with Crippen molar-refractivity contribution in [1.29, 1.82) is 0 Å². The summed E-state index contributed by atoms with van der Waals surface area (Å²) in [6.45, 7) is 11.8. The average Bonchev–Trinajstić information content (AvgIpc) is 2.93. The molecule has 1 aromatic carbocycles. The van der Waals surface area contributed by atoms with Gasteiger partial charge in [-0.2, -0.15) is 0 Å². The van der Waals surface area contributed by atoms with Gasteiger partial charge in [0.2, 0.25) is 0 Å². The lowest BCUT2D eigenvalue weighted by molar-refractivity contribution is 1.05. The fraction of sp³-hybridized carbons (Fsp3) is 0.300. The van der Waals surface area contributed by atoms with Crippen LogP contribution < -0.4 is 0 Å². The molecule has 0 spiro atoms. The summed E-state index contributed by atoms with van der Waals surface area (Å²) >= 11 is 0. The molecule has 0 N–H and O–H groups in total. The van der Waals surface area contributed by atoms with E-state index >= 15 is 0 Å². The molecule has 0 radical (unpaired) electrons. The van der Waals surface area contributed by atoms with E-state index in [-0.39, 0.29) is 0 Å². The number of hydrogen-bond acceptors (Lipinski definition) is 0. The maximum absolute atomic E-state index is 2.68. The highest BCUT2D eigenvalue weighted by atomic mass is 28.3. The summed E-state index contributed by atoms with van der Waals surface area (Å²) in [5.74, 6) is 0.446. The Balaban J connectivity index is 2.18. The Labute approximate surface area is 133 Å². The Morgan fingerprint density at radius 1 is 1.05 bits per heavy atom. The largest absolute Gasteiger partial charge is 0.368 e. The molecule has 1 aromatic heterocycles. The van der Waals surface area contributed by atoms with Crippen LogP contribution in [0.4, 0.5) is 0 Å². The van der Waals surface area contributed by atoms with Crippen molar-refractivity contribution in [3.05, 3.63) is 64.9 Å². The fourth-order valence-corrected chi connectivity index (χ4v) is 5.98. The quantitative estimate of drug-likeness (QED) is 0.602. The predicted molar refractivity (Wildman–Crippen MR) is 99.0 cm³/mol. The molecule has 0 saturated carbocycles. The second-order valence-corrected chi connectivity index (χ2v) is 12.4. The molecule has 2 aliphatic rings. The summed E-state index contributed by atoms with van der Waals surface area (Å²) in [6.07, 6.45) is 9.04. The predicted octanol–water partition coefficient (Wildman–Crippen LogP) is 5.63. The van der Waals surface area contributed by atoms with Gasteiger partial charge in [0.25, 0.3) is 0 Å².